The number of alkyl halides is 3. The number of amides is 2. The van der Waals surface area contributed by atoms with Crippen molar-refractivity contribution in [1.29, 1.82) is 0 Å². The van der Waals surface area contributed by atoms with Gasteiger partial charge in [-0.1, -0.05) is 0 Å². The van der Waals surface area contributed by atoms with Gasteiger partial charge >= 0.3 is 12.4 Å². The molecular formula is C9H15F3N4O3. The number of rotatable bonds is 4. The van der Waals surface area contributed by atoms with Gasteiger partial charge in [0.05, 0.1) is 18.4 Å². The molecule has 0 saturated carbocycles. The maximum atomic E-state index is 11.8. The molecule has 0 aromatic rings. The summed E-state index contributed by atoms with van der Waals surface area (Å²) in [7, 11) is 1.88. The zero-order valence-electron chi connectivity index (χ0n) is 10.4. The Morgan fingerprint density at radius 3 is 2.37 bits per heavy atom. The molecule has 19 heavy (non-hydrogen) atoms. The Morgan fingerprint density at radius 1 is 1.32 bits per heavy atom. The van der Waals surface area contributed by atoms with E-state index in [9.17, 15) is 22.9 Å². The van der Waals surface area contributed by atoms with E-state index in [-0.39, 0.29) is 0 Å². The number of hydrogen-bond donors (Lipinski definition) is 0. The Kier molecular flexibility index (Phi) is 5.48. The second-order valence-electron chi connectivity index (χ2n) is 4.07. The minimum atomic E-state index is -4.79. The van der Waals surface area contributed by atoms with Gasteiger partial charge in [-0.15, -0.1) is 18.1 Å². The largest absolute Gasteiger partial charge is 0.522 e. The first-order chi connectivity index (χ1) is 8.83. The van der Waals surface area contributed by atoms with E-state index in [0.29, 0.717) is 31.2 Å². The molecule has 10 heteroatoms. The topological polar surface area (TPSA) is 65.4 Å². The number of likely N-dealkylation sites (N-methyl/N-ethyl adjacent to an activating group) is 1. The van der Waals surface area contributed by atoms with Crippen molar-refractivity contribution in [1.82, 2.24) is 14.8 Å². The number of nitrogens with zero attached hydrogens (tertiary/aromatic N) is 4. The fourth-order valence-corrected chi connectivity index (χ4v) is 1.58. The highest BCUT2D eigenvalue weighted by Gasteiger charge is 2.30. The highest BCUT2D eigenvalue weighted by atomic mass is 19.4. The van der Waals surface area contributed by atoms with E-state index in [1.165, 1.54) is 4.90 Å². The Morgan fingerprint density at radius 2 is 1.89 bits per heavy atom. The molecule has 110 valence electrons. The van der Waals surface area contributed by atoms with E-state index in [1.54, 1.807) is 0 Å². The zero-order chi connectivity index (χ0) is 14.5. The monoisotopic (exact) mass is 284 g/mol. The molecule has 0 aromatic heterocycles. The van der Waals surface area contributed by atoms with E-state index >= 15 is 0 Å². The molecule has 0 N–H and O–H groups in total. The van der Waals surface area contributed by atoms with Crippen molar-refractivity contribution in [2.24, 2.45) is 5.29 Å². The second-order valence-corrected chi connectivity index (χ2v) is 4.07. The molecule has 1 rings (SSSR count). The fourth-order valence-electron chi connectivity index (χ4n) is 1.58. The average Bonchev–Trinajstić information content (AvgIpc) is 2.33. The number of urea groups is 1. The Bertz CT molecular complexity index is 318. The lowest BCUT2D eigenvalue weighted by molar-refractivity contribution is -0.324. The summed E-state index contributed by atoms with van der Waals surface area (Å²) in [5.74, 6) is 0. The summed E-state index contributed by atoms with van der Waals surface area (Å²) in [4.78, 5) is 25.6. The van der Waals surface area contributed by atoms with Crippen LogP contribution in [0.1, 0.15) is 0 Å². The summed E-state index contributed by atoms with van der Waals surface area (Å²) in [5, 5.41) is 2.87. The van der Waals surface area contributed by atoms with Crippen LogP contribution in [0.5, 0.6) is 0 Å². The molecule has 1 aliphatic heterocycles. The van der Waals surface area contributed by atoms with Crippen LogP contribution in [-0.2, 0) is 4.74 Å². The van der Waals surface area contributed by atoms with Crippen molar-refractivity contribution >= 4 is 6.03 Å². The first-order valence-electron chi connectivity index (χ1n) is 5.62. The SMILES string of the molecule is CN1CCN(C(=O)N(CCOC(F)(F)F)N=O)CC1. The second kappa shape index (κ2) is 6.66. The molecule has 7 nitrogen and oxygen atoms in total. The van der Waals surface area contributed by atoms with Gasteiger partial charge in [0.1, 0.15) is 0 Å². The summed E-state index contributed by atoms with van der Waals surface area (Å²) in [6.45, 7) is 0.723. The summed E-state index contributed by atoms with van der Waals surface area (Å²) in [5.41, 5.74) is 0. The van der Waals surface area contributed by atoms with Crippen molar-refractivity contribution in [3.8, 4) is 0 Å². The van der Waals surface area contributed by atoms with Crippen molar-refractivity contribution in [3.63, 3.8) is 0 Å². The van der Waals surface area contributed by atoms with E-state index in [0.717, 1.165) is 0 Å². The van der Waals surface area contributed by atoms with Crippen LogP contribution in [0, 0.1) is 4.91 Å². The minimum absolute atomic E-state index is 0.404. The van der Waals surface area contributed by atoms with Gasteiger partial charge in [-0.25, -0.2) is 4.79 Å². The van der Waals surface area contributed by atoms with Gasteiger partial charge in [-0.3, -0.25) is 4.74 Å². The molecule has 1 fully saturated rings. The van der Waals surface area contributed by atoms with Crippen LogP contribution in [0.25, 0.3) is 0 Å². The third-order valence-corrected chi connectivity index (χ3v) is 2.66. The molecule has 0 aliphatic carbocycles. The Labute approximate surface area is 107 Å². The molecule has 1 saturated heterocycles. The standard InChI is InChI=1S/C9H15F3N4O3/c1-14-2-4-15(5-3-14)8(17)16(13-18)6-7-19-9(10,11)12/h2-7H2,1H3. The molecule has 2 amide bonds. The summed E-state index contributed by atoms with van der Waals surface area (Å²) >= 11 is 0. The summed E-state index contributed by atoms with van der Waals surface area (Å²) in [6.07, 6.45) is -4.79. The third-order valence-electron chi connectivity index (χ3n) is 2.66. The predicted molar refractivity (Wildman–Crippen MR) is 59.0 cm³/mol. The normalized spacial score (nSPS) is 17.4. The van der Waals surface area contributed by atoms with Gasteiger partial charge in [0.2, 0.25) is 0 Å². The number of carbonyl (C=O) groups is 1. The van der Waals surface area contributed by atoms with Gasteiger partial charge in [0, 0.05) is 26.2 Å². The number of hydrogen-bond acceptors (Lipinski definition) is 5. The van der Waals surface area contributed by atoms with Crippen LogP contribution in [-0.4, -0.2) is 73.6 Å². The lowest BCUT2D eigenvalue weighted by atomic mass is 10.3. The summed E-state index contributed by atoms with van der Waals surface area (Å²) in [6, 6.07) is -0.700. The molecule has 0 bridgehead atoms. The van der Waals surface area contributed by atoms with E-state index < -0.39 is 25.5 Å². The van der Waals surface area contributed by atoms with Crippen LogP contribution >= 0.6 is 0 Å². The van der Waals surface area contributed by atoms with Gasteiger partial charge in [-0.2, -0.15) is 5.01 Å². The molecule has 0 atom stereocenters. The molecule has 0 unspecified atom stereocenters. The fraction of sp³-hybridized carbons (Fsp3) is 0.889. The zero-order valence-corrected chi connectivity index (χ0v) is 10.4. The average molecular weight is 284 g/mol. The number of ether oxygens (including phenoxy) is 1. The Balaban J connectivity index is 2.41. The first kappa shape index (κ1) is 15.6. The number of nitroso groups, excluding NO2 is 1. The third kappa shape index (κ3) is 5.39. The van der Waals surface area contributed by atoms with E-state index in [1.807, 2.05) is 11.9 Å². The van der Waals surface area contributed by atoms with Crippen LogP contribution in [0.2, 0.25) is 0 Å². The lowest BCUT2D eigenvalue weighted by Gasteiger charge is -2.33. The number of halogens is 3. The molecule has 0 radical (unpaired) electrons. The highest BCUT2D eigenvalue weighted by Crippen LogP contribution is 2.16. The van der Waals surface area contributed by atoms with Crippen molar-refractivity contribution in [3.05, 3.63) is 4.91 Å². The van der Waals surface area contributed by atoms with Crippen LogP contribution in [0.3, 0.4) is 0 Å². The van der Waals surface area contributed by atoms with Crippen LogP contribution in [0.15, 0.2) is 5.29 Å². The molecule has 1 heterocycles. The predicted octanol–water partition coefficient (Wildman–Crippen LogP) is 0.874. The van der Waals surface area contributed by atoms with Crippen molar-refractivity contribution in [2.75, 3.05) is 46.4 Å². The highest BCUT2D eigenvalue weighted by molar-refractivity contribution is 5.74. The summed E-state index contributed by atoms with van der Waals surface area (Å²) < 4.78 is 38.8. The van der Waals surface area contributed by atoms with Crippen LogP contribution < -0.4 is 0 Å². The van der Waals surface area contributed by atoms with Crippen molar-refractivity contribution < 1.29 is 22.7 Å². The van der Waals surface area contributed by atoms with E-state index in [4.69, 9.17) is 0 Å². The number of piperazine rings is 1. The van der Waals surface area contributed by atoms with E-state index in [2.05, 4.69) is 10.0 Å². The van der Waals surface area contributed by atoms with Gasteiger partial charge in [0.25, 0.3) is 0 Å². The number of carbonyl (C=O) groups excluding carboxylic acids is 1. The lowest BCUT2D eigenvalue weighted by Crippen LogP contribution is -2.51. The molecule has 0 aromatic carbocycles. The quantitative estimate of drug-likeness (QED) is 0.567. The minimum Gasteiger partial charge on any atom is -0.321 e. The maximum Gasteiger partial charge on any atom is 0.522 e. The van der Waals surface area contributed by atoms with Crippen LogP contribution in [0.4, 0.5) is 18.0 Å². The first-order valence-corrected chi connectivity index (χ1v) is 5.62. The molecular weight excluding hydrogens is 269 g/mol. The van der Waals surface area contributed by atoms with Crippen molar-refractivity contribution in [2.45, 2.75) is 6.36 Å². The Hall–Kier alpha value is -1.42. The van der Waals surface area contributed by atoms with Gasteiger partial charge in [-0.05, 0) is 7.05 Å². The molecule has 1 aliphatic rings. The molecule has 0 spiro atoms. The maximum absolute atomic E-state index is 11.8. The van der Waals surface area contributed by atoms with Gasteiger partial charge < -0.3 is 9.80 Å². The smallest absolute Gasteiger partial charge is 0.321 e. The van der Waals surface area contributed by atoms with Gasteiger partial charge in [0.15, 0.2) is 0 Å².